The summed E-state index contributed by atoms with van der Waals surface area (Å²) in [5.41, 5.74) is 1.83. The number of H-pyrrole nitrogens is 1. The molecule has 0 spiro atoms. The van der Waals surface area contributed by atoms with E-state index in [9.17, 15) is 9.59 Å². The molecule has 0 aliphatic heterocycles. The Labute approximate surface area is 144 Å². The summed E-state index contributed by atoms with van der Waals surface area (Å²) in [6.07, 6.45) is 2.91. The van der Waals surface area contributed by atoms with Crippen molar-refractivity contribution in [2.45, 2.75) is 12.8 Å². The second-order valence-corrected chi connectivity index (χ2v) is 5.44. The van der Waals surface area contributed by atoms with E-state index in [1.54, 1.807) is 12.3 Å². The van der Waals surface area contributed by atoms with Gasteiger partial charge in [-0.1, -0.05) is 0 Å². The predicted molar refractivity (Wildman–Crippen MR) is 92.3 cm³/mol. The van der Waals surface area contributed by atoms with Gasteiger partial charge >= 0.3 is 5.97 Å². The van der Waals surface area contributed by atoms with Crippen molar-refractivity contribution in [3.05, 3.63) is 23.3 Å². The summed E-state index contributed by atoms with van der Waals surface area (Å²) in [4.78, 5) is 30.3. The lowest BCUT2D eigenvalue weighted by molar-refractivity contribution is -0.116. The Kier molecular flexibility index (Phi) is 7.73. The molecule has 9 heteroatoms. The van der Waals surface area contributed by atoms with E-state index in [1.807, 2.05) is 12.4 Å². The van der Waals surface area contributed by atoms with E-state index in [2.05, 4.69) is 25.3 Å². The van der Waals surface area contributed by atoms with Crippen molar-refractivity contribution in [3.63, 3.8) is 0 Å². The highest BCUT2D eigenvalue weighted by Crippen LogP contribution is 2.25. The molecule has 0 atom stereocenters. The number of esters is 1. The molecule has 0 aliphatic rings. The zero-order valence-corrected chi connectivity index (χ0v) is 14.5. The van der Waals surface area contributed by atoms with Gasteiger partial charge in [-0.25, -0.2) is 9.78 Å². The fourth-order valence-corrected chi connectivity index (χ4v) is 2.58. The molecule has 0 aromatic carbocycles. The van der Waals surface area contributed by atoms with Gasteiger partial charge in [0.2, 0.25) is 5.91 Å². The van der Waals surface area contributed by atoms with Gasteiger partial charge in [0.1, 0.15) is 5.69 Å². The minimum atomic E-state index is -0.431. The van der Waals surface area contributed by atoms with Crippen LogP contribution >= 0.6 is 23.7 Å². The van der Waals surface area contributed by atoms with Crippen LogP contribution in [0.15, 0.2) is 17.6 Å². The van der Waals surface area contributed by atoms with Gasteiger partial charge in [-0.15, -0.1) is 23.7 Å². The number of hydrogen-bond acceptors (Lipinski definition) is 6. The molecular formula is C14H19ClN4O3S. The number of nitrogens with zero attached hydrogens (tertiary/aromatic N) is 1. The lowest BCUT2D eigenvalue weighted by Crippen LogP contribution is -2.15. The lowest BCUT2D eigenvalue weighted by atomic mass is 10.2. The van der Waals surface area contributed by atoms with Gasteiger partial charge in [-0.05, 0) is 26.1 Å². The van der Waals surface area contributed by atoms with E-state index in [4.69, 9.17) is 0 Å². The first kappa shape index (κ1) is 19.1. The van der Waals surface area contributed by atoms with Crippen LogP contribution < -0.4 is 10.6 Å². The predicted octanol–water partition coefficient (Wildman–Crippen LogP) is 2.28. The number of carbonyl (C=O) groups excluding carboxylic acids is 2. The van der Waals surface area contributed by atoms with Crippen molar-refractivity contribution in [3.8, 4) is 11.3 Å². The van der Waals surface area contributed by atoms with Crippen molar-refractivity contribution in [2.75, 3.05) is 26.0 Å². The van der Waals surface area contributed by atoms with Crippen molar-refractivity contribution in [2.24, 2.45) is 0 Å². The average Bonchev–Trinajstić information content (AvgIpc) is 3.15. The molecule has 0 unspecified atom stereocenters. The normalized spacial score (nSPS) is 10.0. The maximum absolute atomic E-state index is 11.7. The Morgan fingerprint density at radius 1 is 1.43 bits per heavy atom. The molecule has 2 aromatic rings. The standard InChI is InChI=1S/C14H18N4O3S.ClH/c1-15-5-3-4-12(19)18-14-17-11(8-22-14)9-6-10(16-7-9)13(20)21-2;/h6-8,15-16H,3-5H2,1-2H3,(H,17,18,19);1H. The Balaban J connectivity index is 0.00000264. The fourth-order valence-electron chi connectivity index (χ4n) is 1.84. The molecule has 7 nitrogen and oxygen atoms in total. The number of aromatic nitrogens is 2. The van der Waals surface area contributed by atoms with Gasteiger partial charge in [0.15, 0.2) is 5.13 Å². The molecule has 0 saturated carbocycles. The van der Waals surface area contributed by atoms with Gasteiger partial charge in [0.25, 0.3) is 0 Å². The third-order valence-corrected chi connectivity index (χ3v) is 3.72. The molecular weight excluding hydrogens is 340 g/mol. The van der Waals surface area contributed by atoms with Crippen LogP contribution in [0.4, 0.5) is 5.13 Å². The summed E-state index contributed by atoms with van der Waals surface area (Å²) in [5.74, 6) is -0.486. The number of ether oxygens (including phenoxy) is 1. The van der Waals surface area contributed by atoms with E-state index in [-0.39, 0.29) is 18.3 Å². The summed E-state index contributed by atoms with van der Waals surface area (Å²) in [7, 11) is 3.18. The Hall–Kier alpha value is -1.90. The minimum Gasteiger partial charge on any atom is -0.464 e. The largest absolute Gasteiger partial charge is 0.464 e. The van der Waals surface area contributed by atoms with Crippen LogP contribution in [-0.4, -0.2) is 42.5 Å². The van der Waals surface area contributed by atoms with E-state index in [0.29, 0.717) is 22.9 Å². The molecule has 2 heterocycles. The smallest absolute Gasteiger partial charge is 0.354 e. The number of halogens is 1. The van der Waals surface area contributed by atoms with Gasteiger partial charge in [-0.3, -0.25) is 4.79 Å². The quantitative estimate of drug-likeness (QED) is 0.521. The van der Waals surface area contributed by atoms with Crippen molar-refractivity contribution >= 4 is 40.8 Å². The topological polar surface area (TPSA) is 96.1 Å². The number of methoxy groups -OCH3 is 1. The molecule has 2 rings (SSSR count). The summed E-state index contributed by atoms with van der Waals surface area (Å²) in [6.45, 7) is 0.802. The molecule has 3 N–H and O–H groups in total. The van der Waals surface area contributed by atoms with Crippen LogP contribution in [0.3, 0.4) is 0 Å². The Bertz CT molecular complexity index is 656. The first-order valence-corrected chi connectivity index (χ1v) is 7.69. The molecule has 23 heavy (non-hydrogen) atoms. The van der Waals surface area contributed by atoms with Crippen LogP contribution in [0, 0.1) is 0 Å². The summed E-state index contributed by atoms with van der Waals surface area (Å²) >= 11 is 1.35. The van der Waals surface area contributed by atoms with E-state index < -0.39 is 5.97 Å². The highest BCUT2D eigenvalue weighted by atomic mass is 35.5. The molecule has 0 aliphatic carbocycles. The number of anilines is 1. The molecule has 0 fully saturated rings. The lowest BCUT2D eigenvalue weighted by Gasteiger charge is -2.00. The summed E-state index contributed by atoms with van der Waals surface area (Å²) in [5, 5.41) is 8.14. The van der Waals surface area contributed by atoms with Gasteiger partial charge in [0.05, 0.1) is 12.8 Å². The number of aromatic amines is 1. The van der Waals surface area contributed by atoms with Crippen LogP contribution in [0.5, 0.6) is 0 Å². The van der Waals surface area contributed by atoms with Crippen LogP contribution in [0.1, 0.15) is 23.3 Å². The van der Waals surface area contributed by atoms with Crippen molar-refractivity contribution in [1.29, 1.82) is 0 Å². The Morgan fingerprint density at radius 2 is 2.22 bits per heavy atom. The van der Waals surface area contributed by atoms with Gasteiger partial charge < -0.3 is 20.4 Å². The molecule has 0 saturated heterocycles. The molecule has 1 amide bonds. The third-order valence-electron chi connectivity index (χ3n) is 2.97. The van der Waals surface area contributed by atoms with Crippen molar-refractivity contribution in [1.82, 2.24) is 15.3 Å². The van der Waals surface area contributed by atoms with E-state index >= 15 is 0 Å². The first-order chi connectivity index (χ1) is 10.6. The van der Waals surface area contributed by atoms with E-state index in [0.717, 1.165) is 18.5 Å². The van der Waals surface area contributed by atoms with Gasteiger partial charge in [-0.2, -0.15) is 0 Å². The summed E-state index contributed by atoms with van der Waals surface area (Å²) < 4.78 is 4.64. The fraction of sp³-hybridized carbons (Fsp3) is 0.357. The second kappa shape index (κ2) is 9.29. The maximum Gasteiger partial charge on any atom is 0.354 e. The zero-order chi connectivity index (χ0) is 15.9. The molecule has 126 valence electrons. The SMILES string of the molecule is CNCCCC(=O)Nc1nc(-c2c[nH]c(C(=O)OC)c2)cs1.Cl. The third kappa shape index (κ3) is 5.34. The van der Waals surface area contributed by atoms with Crippen LogP contribution in [0.25, 0.3) is 11.3 Å². The van der Waals surface area contributed by atoms with E-state index in [1.165, 1.54) is 18.4 Å². The van der Waals surface area contributed by atoms with Crippen molar-refractivity contribution < 1.29 is 14.3 Å². The number of thiazole rings is 1. The maximum atomic E-state index is 11.7. The average molecular weight is 359 g/mol. The van der Waals surface area contributed by atoms with Crippen LogP contribution in [-0.2, 0) is 9.53 Å². The first-order valence-electron chi connectivity index (χ1n) is 6.81. The molecule has 0 radical (unpaired) electrons. The van der Waals surface area contributed by atoms with Gasteiger partial charge in [0, 0.05) is 23.6 Å². The molecule has 0 bridgehead atoms. The van der Waals surface area contributed by atoms with Crippen LogP contribution in [0.2, 0.25) is 0 Å². The monoisotopic (exact) mass is 358 g/mol. The Morgan fingerprint density at radius 3 is 2.91 bits per heavy atom. The number of hydrogen-bond donors (Lipinski definition) is 3. The minimum absolute atomic E-state index is 0. The zero-order valence-electron chi connectivity index (χ0n) is 12.8. The summed E-state index contributed by atoms with van der Waals surface area (Å²) in [6, 6.07) is 1.67. The molecule has 2 aromatic heterocycles. The highest BCUT2D eigenvalue weighted by molar-refractivity contribution is 7.14. The highest BCUT2D eigenvalue weighted by Gasteiger charge is 2.12. The second-order valence-electron chi connectivity index (χ2n) is 4.59. The number of carbonyl (C=O) groups is 2. The number of amides is 1. The number of rotatable bonds is 7. The number of nitrogens with one attached hydrogen (secondary N) is 3.